The number of carbonyl (C=O) groups is 4. The molecule has 0 amide bonds. The van der Waals surface area contributed by atoms with Crippen molar-refractivity contribution in [3.8, 4) is 0 Å². The molecule has 2 aliphatic rings. The number of benzene rings is 4. The number of ether oxygens (including phenoxy) is 4. The summed E-state index contributed by atoms with van der Waals surface area (Å²) in [6.07, 6.45) is 0. The van der Waals surface area contributed by atoms with E-state index in [1.807, 2.05) is 121 Å². The van der Waals surface area contributed by atoms with Crippen molar-refractivity contribution in [3.05, 3.63) is 144 Å². The smallest absolute Gasteiger partial charge is 0.311 e. The quantitative estimate of drug-likeness (QED) is 0.142. The highest BCUT2D eigenvalue weighted by Crippen LogP contribution is 2.29. The molecular weight excluding hydrogens is 660 g/mol. The first-order valence-corrected chi connectivity index (χ1v) is 17.4. The number of esters is 4. The summed E-state index contributed by atoms with van der Waals surface area (Å²) >= 11 is 0. The minimum absolute atomic E-state index is 0.211. The van der Waals surface area contributed by atoms with E-state index in [4.69, 9.17) is 18.9 Å². The van der Waals surface area contributed by atoms with Gasteiger partial charge in [-0.1, -0.05) is 121 Å². The maximum atomic E-state index is 12.6. The van der Waals surface area contributed by atoms with Crippen molar-refractivity contribution in [2.24, 2.45) is 23.7 Å². The van der Waals surface area contributed by atoms with Gasteiger partial charge < -0.3 is 18.9 Å². The minimum atomic E-state index is -0.505. The molecule has 4 atom stereocenters. The van der Waals surface area contributed by atoms with E-state index in [1.54, 1.807) is 0 Å². The lowest BCUT2D eigenvalue weighted by molar-refractivity contribution is -0.157. The fraction of sp³-hybridized carbons (Fsp3) is 0.333. The largest absolute Gasteiger partial charge is 0.469 e. The van der Waals surface area contributed by atoms with E-state index in [1.165, 1.54) is 14.2 Å². The Labute approximate surface area is 305 Å². The zero-order valence-corrected chi connectivity index (χ0v) is 29.7. The van der Waals surface area contributed by atoms with E-state index >= 15 is 0 Å². The molecule has 4 aromatic rings. The van der Waals surface area contributed by atoms with Crippen LogP contribution in [0.5, 0.6) is 0 Å². The molecule has 52 heavy (non-hydrogen) atoms. The molecular formula is C42H46N2O8. The molecule has 0 N–H and O–H groups in total. The summed E-state index contributed by atoms with van der Waals surface area (Å²) in [5.74, 6) is -3.41. The standard InChI is InChI=1S/2C21H23NO4/c2*1-25-20(23)18-13-22(12-16-8-4-2-5-9-16)14-19(18)21(24)26-15-17-10-6-3-7-11-17/h2*2-11,18-19H,12-15H2,1H3/t2*18-,19-/m10/s1. The molecule has 6 rings (SSSR count). The summed E-state index contributed by atoms with van der Waals surface area (Å²) in [4.78, 5) is 53.7. The number of likely N-dealkylation sites (tertiary alicyclic amines) is 2. The lowest BCUT2D eigenvalue weighted by atomic mass is 9.96. The minimum Gasteiger partial charge on any atom is -0.469 e. The van der Waals surface area contributed by atoms with Crippen molar-refractivity contribution in [3.63, 3.8) is 0 Å². The van der Waals surface area contributed by atoms with Crippen LogP contribution in [0.3, 0.4) is 0 Å². The monoisotopic (exact) mass is 706 g/mol. The van der Waals surface area contributed by atoms with E-state index in [0.717, 1.165) is 22.3 Å². The first-order valence-electron chi connectivity index (χ1n) is 17.4. The van der Waals surface area contributed by atoms with Gasteiger partial charge in [-0.05, 0) is 22.3 Å². The maximum Gasteiger partial charge on any atom is 0.311 e. The third kappa shape index (κ3) is 10.8. The molecule has 4 aromatic carbocycles. The second-order valence-corrected chi connectivity index (χ2v) is 13.0. The highest BCUT2D eigenvalue weighted by atomic mass is 16.5. The van der Waals surface area contributed by atoms with Gasteiger partial charge in [0.2, 0.25) is 0 Å². The van der Waals surface area contributed by atoms with Crippen molar-refractivity contribution in [2.75, 3.05) is 40.4 Å². The average Bonchev–Trinajstić information content (AvgIpc) is 3.82. The molecule has 2 saturated heterocycles. The second kappa shape index (κ2) is 19.3. The Balaban J connectivity index is 0.000000201. The van der Waals surface area contributed by atoms with Gasteiger partial charge in [0.25, 0.3) is 0 Å². The highest BCUT2D eigenvalue weighted by molar-refractivity contribution is 5.84. The molecule has 0 aliphatic carbocycles. The van der Waals surface area contributed by atoms with Crippen LogP contribution in [0.15, 0.2) is 121 Å². The van der Waals surface area contributed by atoms with Crippen LogP contribution in [0.4, 0.5) is 0 Å². The number of methoxy groups -OCH3 is 2. The first-order chi connectivity index (χ1) is 25.3. The number of hydrogen-bond acceptors (Lipinski definition) is 10. The summed E-state index contributed by atoms with van der Waals surface area (Å²) in [5.41, 5.74) is 4.15. The van der Waals surface area contributed by atoms with Gasteiger partial charge in [-0.2, -0.15) is 0 Å². The fourth-order valence-electron chi connectivity index (χ4n) is 6.64. The molecule has 0 spiro atoms. The zero-order chi connectivity index (χ0) is 36.7. The van der Waals surface area contributed by atoms with Gasteiger partial charge in [0.15, 0.2) is 0 Å². The van der Waals surface area contributed by atoms with E-state index in [0.29, 0.717) is 39.3 Å². The summed E-state index contributed by atoms with van der Waals surface area (Å²) in [6, 6.07) is 39.0. The number of carbonyl (C=O) groups excluding carboxylic acids is 4. The van der Waals surface area contributed by atoms with Crippen LogP contribution in [0.2, 0.25) is 0 Å². The summed E-state index contributed by atoms with van der Waals surface area (Å²) in [7, 11) is 2.71. The zero-order valence-electron chi connectivity index (χ0n) is 29.7. The molecule has 0 saturated carbocycles. The summed E-state index contributed by atoms with van der Waals surface area (Å²) < 4.78 is 20.7. The Hall–Kier alpha value is -5.32. The molecule has 0 unspecified atom stereocenters. The Bertz CT molecular complexity index is 1590. The van der Waals surface area contributed by atoms with Crippen LogP contribution >= 0.6 is 0 Å². The molecule has 0 bridgehead atoms. The van der Waals surface area contributed by atoms with Crippen molar-refractivity contribution in [2.45, 2.75) is 26.3 Å². The Kier molecular flexibility index (Phi) is 14.1. The van der Waals surface area contributed by atoms with Gasteiger partial charge in [0.1, 0.15) is 13.2 Å². The van der Waals surface area contributed by atoms with Gasteiger partial charge in [-0.25, -0.2) is 0 Å². The molecule has 2 aliphatic heterocycles. The lowest BCUT2D eigenvalue weighted by Crippen LogP contribution is -2.30. The van der Waals surface area contributed by atoms with Crippen LogP contribution in [-0.2, 0) is 64.4 Å². The average molecular weight is 707 g/mol. The van der Waals surface area contributed by atoms with Gasteiger partial charge in [0, 0.05) is 39.3 Å². The molecule has 2 fully saturated rings. The van der Waals surface area contributed by atoms with Gasteiger partial charge in [-0.15, -0.1) is 0 Å². The third-order valence-corrected chi connectivity index (χ3v) is 9.35. The molecule has 10 nitrogen and oxygen atoms in total. The predicted molar refractivity (Wildman–Crippen MR) is 194 cm³/mol. The van der Waals surface area contributed by atoms with Crippen LogP contribution in [-0.4, -0.2) is 74.1 Å². The van der Waals surface area contributed by atoms with E-state index in [2.05, 4.69) is 9.80 Å². The lowest BCUT2D eigenvalue weighted by Gasteiger charge is -2.15. The van der Waals surface area contributed by atoms with E-state index in [9.17, 15) is 19.2 Å². The van der Waals surface area contributed by atoms with Crippen molar-refractivity contribution in [1.82, 2.24) is 9.80 Å². The van der Waals surface area contributed by atoms with Crippen LogP contribution in [0.1, 0.15) is 22.3 Å². The normalized spacial score (nSPS) is 19.9. The van der Waals surface area contributed by atoms with E-state index < -0.39 is 23.7 Å². The van der Waals surface area contributed by atoms with E-state index in [-0.39, 0.29) is 37.1 Å². The van der Waals surface area contributed by atoms with Gasteiger partial charge in [-0.3, -0.25) is 29.0 Å². The molecule has 272 valence electrons. The molecule has 2 heterocycles. The SMILES string of the molecule is COC(=O)[C@@H]1CN(Cc2ccccc2)C[C@H]1C(=O)OCc1ccccc1.COC(=O)[C@H]1CN(Cc2ccccc2)C[C@@H]1C(=O)OCc1ccccc1. The van der Waals surface area contributed by atoms with Crippen molar-refractivity contribution < 1.29 is 38.1 Å². The Morgan fingerprint density at radius 1 is 0.442 bits per heavy atom. The summed E-state index contributed by atoms with van der Waals surface area (Å²) in [6.45, 7) is 3.77. The Morgan fingerprint density at radius 3 is 1.00 bits per heavy atom. The number of rotatable bonds is 12. The molecule has 0 aromatic heterocycles. The molecule has 10 heteroatoms. The third-order valence-electron chi connectivity index (χ3n) is 9.35. The van der Waals surface area contributed by atoms with Crippen LogP contribution in [0, 0.1) is 23.7 Å². The Morgan fingerprint density at radius 2 is 0.712 bits per heavy atom. The number of nitrogens with zero attached hydrogens (tertiary/aromatic N) is 2. The van der Waals surface area contributed by atoms with Gasteiger partial charge in [0.05, 0.1) is 37.9 Å². The highest BCUT2D eigenvalue weighted by Gasteiger charge is 2.44. The van der Waals surface area contributed by atoms with Crippen molar-refractivity contribution in [1.29, 1.82) is 0 Å². The fourth-order valence-corrected chi connectivity index (χ4v) is 6.64. The van der Waals surface area contributed by atoms with Crippen molar-refractivity contribution >= 4 is 23.9 Å². The predicted octanol–water partition coefficient (Wildman–Crippen LogP) is 5.30. The summed E-state index contributed by atoms with van der Waals surface area (Å²) in [5, 5.41) is 0. The van der Waals surface area contributed by atoms with Crippen LogP contribution in [0.25, 0.3) is 0 Å². The van der Waals surface area contributed by atoms with Gasteiger partial charge >= 0.3 is 23.9 Å². The second-order valence-electron chi connectivity index (χ2n) is 13.0. The van der Waals surface area contributed by atoms with Crippen LogP contribution < -0.4 is 0 Å². The maximum absolute atomic E-state index is 12.6. The number of hydrogen-bond donors (Lipinski definition) is 0. The topological polar surface area (TPSA) is 112 Å². The first kappa shape index (κ1) is 37.9. The molecule has 0 radical (unpaired) electrons.